The van der Waals surface area contributed by atoms with Gasteiger partial charge in [-0.3, -0.25) is 4.79 Å². The molecule has 0 aromatic carbocycles. The number of carbonyl (C=O) groups is 1. The highest BCUT2D eigenvalue weighted by molar-refractivity contribution is 7.80. The van der Waals surface area contributed by atoms with Gasteiger partial charge in [0.1, 0.15) is 0 Å². The minimum atomic E-state index is 0.166. The number of rotatable bonds is 3. The fourth-order valence-electron chi connectivity index (χ4n) is 2.29. The molecule has 0 spiro atoms. The summed E-state index contributed by atoms with van der Waals surface area (Å²) in [6, 6.07) is 2.23. The Morgan fingerprint density at radius 1 is 1.65 bits per heavy atom. The Bertz CT molecular complexity index is 403. The van der Waals surface area contributed by atoms with Crippen molar-refractivity contribution < 1.29 is 4.79 Å². The van der Waals surface area contributed by atoms with Crippen LogP contribution in [0.15, 0.2) is 16.3 Å². The number of likely N-dealkylation sites (tertiary alicyclic amines) is 1. The van der Waals surface area contributed by atoms with Crippen molar-refractivity contribution in [1.82, 2.24) is 9.80 Å². The fourth-order valence-corrected chi connectivity index (χ4v) is 3.40. The second kappa shape index (κ2) is 5.42. The minimum absolute atomic E-state index is 0.166. The van der Waals surface area contributed by atoms with E-state index in [1.165, 1.54) is 11.3 Å². The zero-order valence-corrected chi connectivity index (χ0v) is 11.9. The largest absolute Gasteiger partial charge is 0.334 e. The van der Waals surface area contributed by atoms with Crippen molar-refractivity contribution in [2.45, 2.75) is 23.8 Å². The lowest BCUT2D eigenvalue weighted by Crippen LogP contribution is -2.41. The van der Waals surface area contributed by atoms with Gasteiger partial charge >= 0.3 is 0 Å². The topological polar surface area (TPSA) is 23.6 Å². The van der Waals surface area contributed by atoms with Crippen LogP contribution in [0.5, 0.6) is 0 Å². The Morgan fingerprint density at radius 3 is 3.00 bits per heavy atom. The van der Waals surface area contributed by atoms with E-state index < -0.39 is 0 Å². The summed E-state index contributed by atoms with van der Waals surface area (Å²) in [6.45, 7) is 1.84. The van der Waals surface area contributed by atoms with E-state index in [1.54, 1.807) is 0 Å². The third-order valence-electron chi connectivity index (χ3n) is 3.01. The predicted octanol–water partition coefficient (Wildman–Crippen LogP) is 2.20. The number of nitrogens with zero attached hydrogens (tertiary/aromatic N) is 2. The molecule has 0 radical (unpaired) electrons. The van der Waals surface area contributed by atoms with Gasteiger partial charge < -0.3 is 9.80 Å². The van der Waals surface area contributed by atoms with E-state index in [9.17, 15) is 4.79 Å². The van der Waals surface area contributed by atoms with Crippen molar-refractivity contribution >= 4 is 29.9 Å². The molecule has 0 bridgehead atoms. The Kier molecular flexibility index (Phi) is 4.12. The van der Waals surface area contributed by atoms with Crippen molar-refractivity contribution in [3.63, 3.8) is 0 Å². The van der Waals surface area contributed by atoms with E-state index in [-0.39, 0.29) is 5.91 Å². The van der Waals surface area contributed by atoms with Gasteiger partial charge in [0.2, 0.25) is 0 Å². The SMILES string of the molecule is CN(C)CC1CCCN1C(=O)c1cc(S)cs1. The second-order valence-electron chi connectivity index (χ2n) is 4.73. The summed E-state index contributed by atoms with van der Waals surface area (Å²) in [5.74, 6) is 0.166. The molecule has 1 aliphatic heterocycles. The molecule has 1 unspecified atom stereocenters. The first-order chi connectivity index (χ1) is 8.08. The molecule has 1 aromatic rings. The standard InChI is InChI=1S/C12H18N2OS2/c1-13(2)7-9-4-3-5-14(9)12(15)11-6-10(16)8-17-11/h6,8-9,16H,3-5,7H2,1-2H3. The minimum Gasteiger partial charge on any atom is -0.334 e. The molecule has 2 heterocycles. The van der Waals surface area contributed by atoms with E-state index in [0.29, 0.717) is 6.04 Å². The summed E-state index contributed by atoms with van der Waals surface area (Å²) in [4.78, 5) is 18.2. The number of hydrogen-bond acceptors (Lipinski definition) is 4. The Hall–Kier alpha value is -0.520. The maximum absolute atomic E-state index is 12.3. The van der Waals surface area contributed by atoms with Crippen LogP contribution in [0.4, 0.5) is 0 Å². The maximum Gasteiger partial charge on any atom is 0.264 e. The molecule has 1 atom stereocenters. The smallest absolute Gasteiger partial charge is 0.264 e. The van der Waals surface area contributed by atoms with Gasteiger partial charge in [-0.1, -0.05) is 0 Å². The number of likely N-dealkylation sites (N-methyl/N-ethyl adjacent to an activating group) is 1. The number of carbonyl (C=O) groups excluding carboxylic acids is 1. The van der Waals surface area contributed by atoms with E-state index in [2.05, 4.69) is 31.6 Å². The Morgan fingerprint density at radius 2 is 2.41 bits per heavy atom. The van der Waals surface area contributed by atoms with Gasteiger partial charge in [-0.15, -0.1) is 24.0 Å². The average molecular weight is 270 g/mol. The average Bonchev–Trinajstić information content (AvgIpc) is 2.85. The first-order valence-electron chi connectivity index (χ1n) is 5.81. The van der Waals surface area contributed by atoms with Gasteiger partial charge in [-0.2, -0.15) is 0 Å². The zero-order valence-electron chi connectivity index (χ0n) is 10.2. The summed E-state index contributed by atoms with van der Waals surface area (Å²) >= 11 is 5.74. The highest BCUT2D eigenvalue weighted by Gasteiger charge is 2.30. The number of thiol groups is 1. The molecule has 94 valence electrons. The molecular formula is C12H18N2OS2. The fraction of sp³-hybridized carbons (Fsp3) is 0.583. The monoisotopic (exact) mass is 270 g/mol. The molecule has 0 saturated carbocycles. The first-order valence-corrected chi connectivity index (χ1v) is 7.14. The number of amides is 1. The van der Waals surface area contributed by atoms with Crippen molar-refractivity contribution in [2.75, 3.05) is 27.2 Å². The van der Waals surface area contributed by atoms with Crippen molar-refractivity contribution in [2.24, 2.45) is 0 Å². The van der Waals surface area contributed by atoms with Crippen LogP contribution in [0.2, 0.25) is 0 Å². The molecule has 1 saturated heterocycles. The Balaban J connectivity index is 2.08. The number of thiophene rings is 1. The lowest BCUT2D eigenvalue weighted by molar-refractivity contribution is 0.0721. The molecule has 3 nitrogen and oxygen atoms in total. The van der Waals surface area contributed by atoms with Crippen LogP contribution in [0.1, 0.15) is 22.5 Å². The van der Waals surface area contributed by atoms with Gasteiger partial charge in [0.05, 0.1) is 4.88 Å². The van der Waals surface area contributed by atoms with Crippen LogP contribution < -0.4 is 0 Å². The first kappa shape index (κ1) is 12.9. The Labute approximate surface area is 112 Å². The molecule has 5 heteroatoms. The summed E-state index contributed by atoms with van der Waals surface area (Å²) in [5.41, 5.74) is 0. The van der Waals surface area contributed by atoms with Gasteiger partial charge in [-0.25, -0.2) is 0 Å². The van der Waals surface area contributed by atoms with Crippen LogP contribution in [0.25, 0.3) is 0 Å². The van der Waals surface area contributed by atoms with Crippen molar-refractivity contribution in [3.05, 3.63) is 16.3 Å². The molecule has 2 rings (SSSR count). The predicted molar refractivity (Wildman–Crippen MR) is 74.2 cm³/mol. The highest BCUT2D eigenvalue weighted by Crippen LogP contribution is 2.24. The third-order valence-corrected chi connectivity index (χ3v) is 4.36. The van der Waals surface area contributed by atoms with Gasteiger partial charge in [0.25, 0.3) is 5.91 Å². The molecule has 0 aliphatic carbocycles. The van der Waals surface area contributed by atoms with Crippen molar-refractivity contribution in [1.29, 1.82) is 0 Å². The lowest BCUT2D eigenvalue weighted by atomic mass is 10.2. The maximum atomic E-state index is 12.3. The van der Waals surface area contributed by atoms with Gasteiger partial charge in [0.15, 0.2) is 0 Å². The molecule has 1 aromatic heterocycles. The second-order valence-corrected chi connectivity index (χ2v) is 6.15. The zero-order chi connectivity index (χ0) is 12.4. The lowest BCUT2D eigenvalue weighted by Gasteiger charge is -2.26. The van der Waals surface area contributed by atoms with Gasteiger partial charge in [0, 0.05) is 29.4 Å². The van der Waals surface area contributed by atoms with E-state index in [4.69, 9.17) is 0 Å². The highest BCUT2D eigenvalue weighted by atomic mass is 32.1. The molecule has 17 heavy (non-hydrogen) atoms. The van der Waals surface area contributed by atoms with E-state index in [0.717, 1.165) is 35.7 Å². The molecule has 0 N–H and O–H groups in total. The summed E-state index contributed by atoms with van der Waals surface area (Å²) in [5, 5.41) is 1.91. The third kappa shape index (κ3) is 3.03. The molecule has 1 fully saturated rings. The van der Waals surface area contributed by atoms with Gasteiger partial charge in [-0.05, 0) is 33.0 Å². The summed E-state index contributed by atoms with van der Waals surface area (Å²) in [6.07, 6.45) is 2.23. The molecule has 1 aliphatic rings. The van der Waals surface area contributed by atoms with Crippen LogP contribution in [-0.4, -0.2) is 48.9 Å². The van der Waals surface area contributed by atoms with E-state index in [1.807, 2.05) is 16.3 Å². The molecular weight excluding hydrogens is 252 g/mol. The molecule has 1 amide bonds. The van der Waals surface area contributed by atoms with Crippen LogP contribution >= 0.6 is 24.0 Å². The van der Waals surface area contributed by atoms with Crippen molar-refractivity contribution in [3.8, 4) is 0 Å². The summed E-state index contributed by atoms with van der Waals surface area (Å²) in [7, 11) is 4.11. The summed E-state index contributed by atoms with van der Waals surface area (Å²) < 4.78 is 0. The quantitative estimate of drug-likeness (QED) is 0.851. The van der Waals surface area contributed by atoms with E-state index >= 15 is 0 Å². The van der Waals surface area contributed by atoms with Crippen LogP contribution in [-0.2, 0) is 0 Å². The normalized spacial score (nSPS) is 20.2. The van der Waals surface area contributed by atoms with Crippen LogP contribution in [0.3, 0.4) is 0 Å². The number of hydrogen-bond donors (Lipinski definition) is 1. The van der Waals surface area contributed by atoms with Crippen LogP contribution in [0, 0.1) is 0 Å².